The molecule has 136 valence electrons. The fraction of sp³-hybridized carbons (Fsp3) is 0.412. The third kappa shape index (κ3) is 4.62. The number of thiazole rings is 1. The molecule has 3 aromatic rings. The summed E-state index contributed by atoms with van der Waals surface area (Å²) < 4.78 is 7.50. The SMILES string of the molecule is Clc1ccc(Cc2nc(CSc3nnnn3CC3CCCO3)cs2)cc1. The summed E-state index contributed by atoms with van der Waals surface area (Å²) in [5.74, 6) is 0.753. The number of tetrazole rings is 1. The van der Waals surface area contributed by atoms with Gasteiger partial charge in [0.05, 0.1) is 23.4 Å². The van der Waals surface area contributed by atoms with Gasteiger partial charge < -0.3 is 4.74 Å². The minimum atomic E-state index is 0.225. The van der Waals surface area contributed by atoms with Crippen molar-refractivity contribution in [3.63, 3.8) is 0 Å². The molecule has 0 amide bonds. The molecule has 1 atom stereocenters. The summed E-state index contributed by atoms with van der Waals surface area (Å²) in [6, 6.07) is 7.90. The second-order valence-electron chi connectivity index (χ2n) is 6.10. The highest BCUT2D eigenvalue weighted by molar-refractivity contribution is 7.98. The Bertz CT molecular complexity index is 845. The Kier molecular flexibility index (Phi) is 5.84. The molecular weight excluding hydrogens is 390 g/mol. The molecule has 1 aliphatic rings. The van der Waals surface area contributed by atoms with E-state index >= 15 is 0 Å². The molecule has 3 heterocycles. The monoisotopic (exact) mass is 407 g/mol. The Balaban J connectivity index is 1.33. The number of hydrogen-bond acceptors (Lipinski definition) is 7. The lowest BCUT2D eigenvalue weighted by Gasteiger charge is -2.09. The highest BCUT2D eigenvalue weighted by Crippen LogP contribution is 2.24. The lowest BCUT2D eigenvalue weighted by Crippen LogP contribution is -2.16. The van der Waals surface area contributed by atoms with Crippen LogP contribution in [0.2, 0.25) is 5.02 Å². The highest BCUT2D eigenvalue weighted by atomic mass is 35.5. The first kappa shape index (κ1) is 17.9. The van der Waals surface area contributed by atoms with Gasteiger partial charge in [0, 0.05) is 29.2 Å². The number of aromatic nitrogens is 5. The zero-order chi connectivity index (χ0) is 17.8. The summed E-state index contributed by atoms with van der Waals surface area (Å²) in [4.78, 5) is 4.72. The van der Waals surface area contributed by atoms with Crippen LogP contribution in [0.25, 0.3) is 0 Å². The van der Waals surface area contributed by atoms with E-state index in [0.717, 1.165) is 52.5 Å². The van der Waals surface area contributed by atoms with E-state index in [4.69, 9.17) is 21.3 Å². The lowest BCUT2D eigenvalue weighted by molar-refractivity contribution is 0.0912. The Labute approximate surface area is 164 Å². The lowest BCUT2D eigenvalue weighted by atomic mass is 10.2. The summed E-state index contributed by atoms with van der Waals surface area (Å²) in [5.41, 5.74) is 2.26. The zero-order valence-corrected chi connectivity index (χ0v) is 16.4. The molecule has 0 spiro atoms. The predicted molar refractivity (Wildman–Crippen MR) is 103 cm³/mol. The number of hydrogen-bond donors (Lipinski definition) is 0. The normalized spacial score (nSPS) is 17.0. The Morgan fingerprint density at radius 1 is 1.31 bits per heavy atom. The number of thioether (sulfide) groups is 1. The number of halogens is 1. The van der Waals surface area contributed by atoms with E-state index in [2.05, 4.69) is 20.9 Å². The van der Waals surface area contributed by atoms with Crippen molar-refractivity contribution in [3.8, 4) is 0 Å². The third-order valence-corrected chi connectivity index (χ3v) is 6.26. The van der Waals surface area contributed by atoms with Crippen LogP contribution in [0.3, 0.4) is 0 Å². The molecule has 4 rings (SSSR count). The Morgan fingerprint density at radius 3 is 3.00 bits per heavy atom. The van der Waals surface area contributed by atoms with Gasteiger partial charge in [-0.3, -0.25) is 0 Å². The van der Waals surface area contributed by atoms with E-state index in [0.29, 0.717) is 6.54 Å². The van der Waals surface area contributed by atoms with Gasteiger partial charge in [-0.2, -0.15) is 0 Å². The van der Waals surface area contributed by atoms with Crippen LogP contribution < -0.4 is 0 Å². The molecule has 0 radical (unpaired) electrons. The topological polar surface area (TPSA) is 65.7 Å². The minimum Gasteiger partial charge on any atom is -0.376 e. The maximum Gasteiger partial charge on any atom is 0.209 e. The summed E-state index contributed by atoms with van der Waals surface area (Å²) in [5, 5.41) is 16.8. The molecule has 1 fully saturated rings. The van der Waals surface area contributed by atoms with Crippen LogP contribution >= 0.6 is 34.7 Å². The van der Waals surface area contributed by atoms with E-state index in [-0.39, 0.29) is 6.10 Å². The molecule has 1 unspecified atom stereocenters. The summed E-state index contributed by atoms with van der Waals surface area (Å²) in [6.07, 6.45) is 3.24. The molecule has 1 aliphatic heterocycles. The van der Waals surface area contributed by atoms with Crippen molar-refractivity contribution in [2.75, 3.05) is 6.61 Å². The van der Waals surface area contributed by atoms with Crippen molar-refractivity contribution in [2.24, 2.45) is 0 Å². The van der Waals surface area contributed by atoms with Crippen LogP contribution in [0.5, 0.6) is 0 Å². The van der Waals surface area contributed by atoms with Crippen molar-refractivity contribution in [3.05, 3.63) is 50.9 Å². The van der Waals surface area contributed by atoms with Crippen molar-refractivity contribution in [2.45, 2.75) is 42.8 Å². The summed E-state index contributed by atoms with van der Waals surface area (Å²) in [6.45, 7) is 1.55. The van der Waals surface area contributed by atoms with Gasteiger partial charge in [-0.05, 0) is 41.0 Å². The first-order valence-corrected chi connectivity index (χ1v) is 10.7. The Hall–Kier alpha value is -1.48. The van der Waals surface area contributed by atoms with Gasteiger partial charge in [-0.1, -0.05) is 35.5 Å². The molecule has 1 saturated heterocycles. The summed E-state index contributed by atoms with van der Waals surface area (Å²) in [7, 11) is 0. The molecule has 0 saturated carbocycles. The second kappa shape index (κ2) is 8.47. The molecule has 9 heteroatoms. The average Bonchev–Trinajstić information content (AvgIpc) is 3.39. The van der Waals surface area contributed by atoms with Crippen molar-refractivity contribution in [1.29, 1.82) is 0 Å². The molecule has 2 aromatic heterocycles. The average molecular weight is 408 g/mol. The standard InChI is InChI=1S/C17H18ClN5OS2/c18-13-5-3-12(4-6-13)8-16-19-14(10-25-16)11-26-17-20-21-22-23(17)9-15-2-1-7-24-15/h3-6,10,15H,1-2,7-9,11H2. The predicted octanol–water partition coefficient (Wildman–Crippen LogP) is 3.85. The van der Waals surface area contributed by atoms with Gasteiger partial charge in [-0.25, -0.2) is 9.67 Å². The maximum atomic E-state index is 5.93. The number of benzene rings is 1. The molecular formula is C17H18ClN5OS2. The van der Waals surface area contributed by atoms with E-state index in [1.807, 2.05) is 28.9 Å². The first-order chi connectivity index (χ1) is 12.8. The Morgan fingerprint density at radius 2 is 2.19 bits per heavy atom. The first-order valence-electron chi connectivity index (χ1n) is 8.44. The van der Waals surface area contributed by atoms with E-state index < -0.39 is 0 Å². The second-order valence-corrected chi connectivity index (χ2v) is 8.42. The quantitative estimate of drug-likeness (QED) is 0.554. The minimum absolute atomic E-state index is 0.225. The number of nitrogens with zero attached hydrogens (tertiary/aromatic N) is 5. The smallest absolute Gasteiger partial charge is 0.209 e. The number of rotatable bonds is 7. The van der Waals surface area contributed by atoms with Crippen molar-refractivity contribution >= 4 is 34.7 Å². The molecule has 0 N–H and O–H groups in total. The van der Waals surface area contributed by atoms with E-state index in [1.54, 1.807) is 23.1 Å². The summed E-state index contributed by atoms with van der Waals surface area (Å²) >= 11 is 9.22. The van der Waals surface area contributed by atoms with Gasteiger partial charge in [0.2, 0.25) is 5.16 Å². The third-order valence-electron chi connectivity index (χ3n) is 4.12. The molecule has 0 bridgehead atoms. The van der Waals surface area contributed by atoms with Crippen LogP contribution in [0.4, 0.5) is 0 Å². The fourth-order valence-corrected chi connectivity index (χ4v) is 4.65. The zero-order valence-electron chi connectivity index (χ0n) is 14.0. The highest BCUT2D eigenvalue weighted by Gasteiger charge is 2.19. The van der Waals surface area contributed by atoms with Crippen LogP contribution in [-0.2, 0) is 23.5 Å². The van der Waals surface area contributed by atoms with Gasteiger partial charge in [-0.15, -0.1) is 16.4 Å². The maximum absolute atomic E-state index is 5.93. The van der Waals surface area contributed by atoms with Crippen LogP contribution in [0.15, 0.2) is 34.8 Å². The van der Waals surface area contributed by atoms with Crippen molar-refractivity contribution < 1.29 is 4.74 Å². The van der Waals surface area contributed by atoms with Gasteiger partial charge in [0.15, 0.2) is 0 Å². The molecule has 0 aliphatic carbocycles. The molecule has 26 heavy (non-hydrogen) atoms. The van der Waals surface area contributed by atoms with Crippen molar-refractivity contribution in [1.82, 2.24) is 25.2 Å². The number of ether oxygens (including phenoxy) is 1. The van der Waals surface area contributed by atoms with Gasteiger partial charge in [0.25, 0.3) is 0 Å². The van der Waals surface area contributed by atoms with Crippen LogP contribution in [-0.4, -0.2) is 37.9 Å². The largest absolute Gasteiger partial charge is 0.376 e. The van der Waals surface area contributed by atoms with Crippen LogP contribution in [0, 0.1) is 0 Å². The van der Waals surface area contributed by atoms with E-state index in [9.17, 15) is 0 Å². The van der Waals surface area contributed by atoms with Gasteiger partial charge in [0.1, 0.15) is 0 Å². The van der Waals surface area contributed by atoms with Crippen LogP contribution in [0.1, 0.15) is 29.1 Å². The van der Waals surface area contributed by atoms with Gasteiger partial charge >= 0.3 is 0 Å². The molecule has 6 nitrogen and oxygen atoms in total. The fourth-order valence-electron chi connectivity index (χ4n) is 2.81. The molecule has 1 aromatic carbocycles. The van der Waals surface area contributed by atoms with E-state index in [1.165, 1.54) is 5.56 Å².